The van der Waals surface area contributed by atoms with Crippen LogP contribution in [0, 0.1) is 0 Å². The number of cyclic esters (lactones) is 1. The van der Waals surface area contributed by atoms with Gasteiger partial charge >= 0.3 is 6.09 Å². The van der Waals surface area contributed by atoms with Gasteiger partial charge in [-0.1, -0.05) is 0 Å². The molecule has 0 spiro atoms. The van der Waals surface area contributed by atoms with E-state index >= 15 is 0 Å². The number of hydrogen-bond donors (Lipinski definition) is 0. The Morgan fingerprint density at radius 2 is 1.89 bits per heavy atom. The molecule has 7 heteroatoms. The minimum Gasteiger partial charge on any atom is -0.391 e. The number of carbonyl (C=O) groups is 1. The minimum atomic E-state index is -3.23. The van der Waals surface area contributed by atoms with Crippen molar-refractivity contribution < 1.29 is 17.9 Å². The van der Waals surface area contributed by atoms with Gasteiger partial charge in [-0.05, 0) is 24.3 Å². The average molecular weight is 268 g/mol. The predicted octanol–water partition coefficient (Wildman–Crippen LogP) is 0.876. The fourth-order valence-electron chi connectivity index (χ4n) is 1.42. The lowest BCUT2D eigenvalue weighted by Gasteiger charge is -2.20. The highest BCUT2D eigenvalue weighted by Crippen LogP contribution is 2.13. The summed E-state index contributed by atoms with van der Waals surface area (Å²) in [6.07, 6.45) is 0.655. The van der Waals surface area contributed by atoms with Crippen molar-refractivity contribution in [3.8, 4) is 0 Å². The lowest BCUT2D eigenvalue weighted by molar-refractivity contribution is 0.153. The Hall–Kier alpha value is -1.89. The topological polar surface area (TPSA) is 76.0 Å². The molecule has 1 aliphatic rings. The molecule has 1 aromatic rings. The van der Waals surface area contributed by atoms with Crippen molar-refractivity contribution in [2.24, 2.45) is 4.99 Å². The van der Waals surface area contributed by atoms with Crippen molar-refractivity contribution in [1.29, 1.82) is 0 Å². The third-order valence-corrected chi connectivity index (χ3v) is 3.58. The summed E-state index contributed by atoms with van der Waals surface area (Å²) < 4.78 is 27.6. The first-order valence-corrected chi connectivity index (χ1v) is 7.05. The van der Waals surface area contributed by atoms with Crippen LogP contribution in [0.1, 0.15) is 5.56 Å². The van der Waals surface area contributed by atoms with Gasteiger partial charge in [0.25, 0.3) is 0 Å². The molecule has 0 aromatic heterocycles. The molecule has 0 atom stereocenters. The van der Waals surface area contributed by atoms with E-state index in [0.717, 1.165) is 6.26 Å². The van der Waals surface area contributed by atoms with E-state index in [1.807, 2.05) is 0 Å². The predicted molar refractivity (Wildman–Crippen MR) is 65.2 cm³/mol. The van der Waals surface area contributed by atoms with E-state index in [9.17, 15) is 13.2 Å². The highest BCUT2D eigenvalue weighted by Gasteiger charge is 2.20. The van der Waals surface area contributed by atoms with Crippen molar-refractivity contribution in [3.05, 3.63) is 29.8 Å². The molecule has 0 N–H and O–H groups in total. The first kappa shape index (κ1) is 12.6. The zero-order valence-corrected chi connectivity index (χ0v) is 10.8. The molecule has 1 aromatic carbocycles. The Labute approximate surface area is 105 Å². The monoisotopic (exact) mass is 268 g/mol. The lowest BCUT2D eigenvalue weighted by atomic mass is 10.2. The maximum Gasteiger partial charge on any atom is 0.417 e. The molecule has 0 saturated carbocycles. The second-order valence-electron chi connectivity index (χ2n) is 3.97. The molecule has 18 heavy (non-hydrogen) atoms. The largest absolute Gasteiger partial charge is 0.417 e. The highest BCUT2D eigenvalue weighted by atomic mass is 32.2. The SMILES string of the molecule is CN1CN=C(c2ccc(S(C)(=O)=O)cc2)OC1=O. The molecular weight excluding hydrogens is 256 g/mol. The zero-order valence-electron chi connectivity index (χ0n) is 9.95. The van der Waals surface area contributed by atoms with Gasteiger partial charge in [0.2, 0.25) is 5.90 Å². The molecule has 1 aliphatic heterocycles. The Morgan fingerprint density at radius 3 is 2.39 bits per heavy atom. The van der Waals surface area contributed by atoms with Crippen molar-refractivity contribution in [2.45, 2.75) is 4.90 Å². The smallest absolute Gasteiger partial charge is 0.391 e. The second kappa shape index (κ2) is 4.41. The van der Waals surface area contributed by atoms with Crippen LogP contribution in [0.3, 0.4) is 0 Å². The summed E-state index contributed by atoms with van der Waals surface area (Å²) in [4.78, 5) is 16.9. The molecule has 0 unspecified atom stereocenters. The fourth-order valence-corrected chi connectivity index (χ4v) is 2.05. The number of nitrogens with zero attached hydrogens (tertiary/aromatic N) is 2. The normalized spacial score (nSPS) is 16.2. The Kier molecular flexibility index (Phi) is 3.08. The van der Waals surface area contributed by atoms with Crippen molar-refractivity contribution in [2.75, 3.05) is 20.0 Å². The van der Waals surface area contributed by atoms with Gasteiger partial charge in [0.15, 0.2) is 9.84 Å². The van der Waals surface area contributed by atoms with E-state index in [1.54, 1.807) is 19.2 Å². The molecule has 0 bridgehead atoms. The Balaban J connectivity index is 2.29. The summed E-state index contributed by atoms with van der Waals surface area (Å²) in [6, 6.07) is 6.04. The van der Waals surface area contributed by atoms with Gasteiger partial charge in [0.1, 0.15) is 6.67 Å². The quantitative estimate of drug-likeness (QED) is 0.797. The number of benzene rings is 1. The highest BCUT2D eigenvalue weighted by molar-refractivity contribution is 7.90. The first-order valence-electron chi connectivity index (χ1n) is 5.16. The number of carbonyl (C=O) groups excluding carboxylic acids is 1. The van der Waals surface area contributed by atoms with E-state index in [-0.39, 0.29) is 17.5 Å². The lowest BCUT2D eigenvalue weighted by Crippen LogP contribution is -2.34. The number of ether oxygens (including phenoxy) is 1. The summed E-state index contributed by atoms with van der Waals surface area (Å²) >= 11 is 0. The first-order chi connectivity index (χ1) is 8.38. The molecule has 0 fully saturated rings. The summed E-state index contributed by atoms with van der Waals surface area (Å²) in [5.41, 5.74) is 0.573. The van der Waals surface area contributed by atoms with Crippen molar-refractivity contribution in [1.82, 2.24) is 4.90 Å². The standard InChI is InChI=1S/C11H12N2O4S/c1-13-7-12-10(17-11(13)14)8-3-5-9(6-4-8)18(2,15)16/h3-6H,7H2,1-2H3. The van der Waals surface area contributed by atoms with Crippen LogP contribution in [-0.2, 0) is 14.6 Å². The molecule has 0 radical (unpaired) electrons. The van der Waals surface area contributed by atoms with Crippen LogP contribution >= 0.6 is 0 Å². The van der Waals surface area contributed by atoms with E-state index in [2.05, 4.69) is 4.99 Å². The third kappa shape index (κ3) is 2.51. The number of aliphatic imine (C=N–C) groups is 1. The van der Waals surface area contributed by atoms with E-state index in [0.29, 0.717) is 5.56 Å². The number of hydrogen-bond acceptors (Lipinski definition) is 5. The Bertz CT molecular complexity index is 604. The fraction of sp³-hybridized carbons (Fsp3) is 0.273. The second-order valence-corrected chi connectivity index (χ2v) is 5.98. The molecule has 6 nitrogen and oxygen atoms in total. The van der Waals surface area contributed by atoms with Crippen LogP contribution in [0.15, 0.2) is 34.2 Å². The maximum atomic E-state index is 11.3. The third-order valence-electron chi connectivity index (χ3n) is 2.45. The molecular formula is C11H12N2O4S. The van der Waals surface area contributed by atoms with Crippen LogP contribution in [0.4, 0.5) is 4.79 Å². The maximum absolute atomic E-state index is 11.3. The van der Waals surface area contributed by atoms with Gasteiger partial charge in [-0.3, -0.25) is 4.90 Å². The van der Waals surface area contributed by atoms with Crippen molar-refractivity contribution in [3.63, 3.8) is 0 Å². The summed E-state index contributed by atoms with van der Waals surface area (Å²) in [6.45, 7) is 0.224. The van der Waals surface area contributed by atoms with E-state index in [1.165, 1.54) is 17.0 Å². The van der Waals surface area contributed by atoms with Crippen LogP contribution in [-0.4, -0.2) is 45.3 Å². The van der Waals surface area contributed by atoms with E-state index in [4.69, 9.17) is 4.74 Å². The van der Waals surface area contributed by atoms with Gasteiger partial charge in [0.05, 0.1) is 4.90 Å². The van der Waals surface area contributed by atoms with Gasteiger partial charge in [-0.2, -0.15) is 0 Å². The average Bonchev–Trinajstić information content (AvgIpc) is 2.32. The number of amides is 1. The number of sulfone groups is 1. The molecule has 0 saturated heterocycles. The summed E-state index contributed by atoms with van der Waals surface area (Å²) in [7, 11) is -1.65. The Morgan fingerprint density at radius 1 is 1.28 bits per heavy atom. The van der Waals surface area contributed by atoms with Gasteiger partial charge < -0.3 is 4.74 Å². The summed E-state index contributed by atoms with van der Waals surface area (Å²) in [5.74, 6) is 0.207. The molecule has 1 amide bonds. The van der Waals surface area contributed by atoms with Gasteiger partial charge in [0, 0.05) is 18.9 Å². The summed E-state index contributed by atoms with van der Waals surface area (Å²) in [5, 5.41) is 0. The zero-order chi connectivity index (χ0) is 13.3. The molecule has 1 heterocycles. The van der Waals surface area contributed by atoms with Crippen molar-refractivity contribution >= 4 is 21.8 Å². The molecule has 96 valence electrons. The van der Waals surface area contributed by atoms with Crippen LogP contribution in [0.5, 0.6) is 0 Å². The van der Waals surface area contributed by atoms with Gasteiger partial charge in [-0.25, -0.2) is 18.2 Å². The minimum absolute atomic E-state index is 0.207. The molecule has 2 rings (SSSR count). The number of rotatable bonds is 2. The van der Waals surface area contributed by atoms with Crippen LogP contribution in [0.2, 0.25) is 0 Å². The van der Waals surface area contributed by atoms with Crippen LogP contribution in [0.25, 0.3) is 0 Å². The van der Waals surface area contributed by atoms with Crippen LogP contribution < -0.4 is 0 Å². The van der Waals surface area contributed by atoms with E-state index < -0.39 is 15.9 Å². The molecule has 0 aliphatic carbocycles. The van der Waals surface area contributed by atoms with Gasteiger partial charge in [-0.15, -0.1) is 0 Å².